The maximum absolute atomic E-state index is 6.38. The van der Waals surface area contributed by atoms with Crippen LogP contribution in [-0.2, 0) is 5.54 Å². The zero-order chi connectivity index (χ0) is 11.4. The van der Waals surface area contributed by atoms with E-state index < -0.39 is 0 Å². The third kappa shape index (κ3) is 1.24. The van der Waals surface area contributed by atoms with E-state index in [-0.39, 0.29) is 11.0 Å². The minimum absolute atomic E-state index is 0.191. The molecule has 16 heavy (non-hydrogen) atoms. The molecule has 0 radical (unpaired) electrons. The Morgan fingerprint density at radius 3 is 2.38 bits per heavy atom. The van der Waals surface area contributed by atoms with Crippen LogP contribution in [0.4, 0.5) is 0 Å². The Kier molecular flexibility index (Phi) is 1.82. The predicted octanol–water partition coefficient (Wildman–Crippen LogP) is 2.04. The number of benzene rings is 1. The van der Waals surface area contributed by atoms with Gasteiger partial charge in [-0.05, 0) is 29.5 Å². The van der Waals surface area contributed by atoms with E-state index in [2.05, 4.69) is 19.9 Å². The molecule has 1 unspecified atom stereocenters. The molecule has 1 atom stereocenters. The fraction of sp³-hybridized carbons (Fsp3) is 0.538. The van der Waals surface area contributed by atoms with Crippen molar-refractivity contribution in [1.82, 2.24) is 0 Å². The lowest BCUT2D eigenvalue weighted by atomic mass is 9.96. The van der Waals surface area contributed by atoms with Crippen LogP contribution in [0, 0.1) is 5.41 Å². The number of fused-ring (bicyclic) bond motifs is 1. The Balaban J connectivity index is 1.99. The van der Waals surface area contributed by atoms with Gasteiger partial charge < -0.3 is 15.2 Å². The smallest absolute Gasteiger partial charge is 0.161 e. The molecule has 1 aromatic rings. The Bertz CT molecular complexity index is 442. The lowest BCUT2D eigenvalue weighted by molar-refractivity contribution is 0.171. The predicted molar refractivity (Wildman–Crippen MR) is 61.7 cm³/mol. The Morgan fingerprint density at radius 2 is 1.75 bits per heavy atom. The summed E-state index contributed by atoms with van der Waals surface area (Å²) in [5.74, 6) is 1.66. The van der Waals surface area contributed by atoms with E-state index in [0.717, 1.165) is 23.5 Å². The number of hydrogen-bond donors (Lipinski definition) is 1. The van der Waals surface area contributed by atoms with Gasteiger partial charge in [-0.2, -0.15) is 0 Å². The zero-order valence-corrected chi connectivity index (χ0v) is 9.75. The van der Waals surface area contributed by atoms with Crippen molar-refractivity contribution in [2.45, 2.75) is 25.8 Å². The highest BCUT2D eigenvalue weighted by Gasteiger charge is 2.59. The molecular weight excluding hydrogens is 202 g/mol. The molecule has 1 heterocycles. The van der Waals surface area contributed by atoms with E-state index in [1.807, 2.05) is 12.1 Å². The number of rotatable bonds is 1. The molecule has 3 heteroatoms. The summed E-state index contributed by atoms with van der Waals surface area (Å²) >= 11 is 0. The molecule has 1 aromatic carbocycles. The van der Waals surface area contributed by atoms with Crippen molar-refractivity contribution in [1.29, 1.82) is 0 Å². The summed E-state index contributed by atoms with van der Waals surface area (Å²) < 4.78 is 11.1. The zero-order valence-electron chi connectivity index (χ0n) is 9.75. The molecule has 1 fully saturated rings. The molecule has 0 bridgehead atoms. The number of nitrogens with two attached hydrogens (primary N) is 1. The third-order valence-electron chi connectivity index (χ3n) is 3.86. The molecule has 0 saturated heterocycles. The molecule has 0 aromatic heterocycles. The molecule has 1 aliphatic heterocycles. The first-order valence-corrected chi connectivity index (χ1v) is 5.72. The van der Waals surface area contributed by atoms with E-state index in [1.54, 1.807) is 0 Å². The van der Waals surface area contributed by atoms with Crippen LogP contribution in [0.2, 0.25) is 0 Å². The van der Waals surface area contributed by atoms with Crippen LogP contribution in [0.5, 0.6) is 11.5 Å². The summed E-state index contributed by atoms with van der Waals surface area (Å²) in [5, 5.41) is 0. The summed E-state index contributed by atoms with van der Waals surface area (Å²) in [5.41, 5.74) is 7.54. The Labute approximate surface area is 95.5 Å². The molecule has 2 aliphatic rings. The van der Waals surface area contributed by atoms with Crippen LogP contribution in [-0.4, -0.2) is 13.2 Å². The maximum Gasteiger partial charge on any atom is 0.161 e. The lowest BCUT2D eigenvalue weighted by Crippen LogP contribution is -2.26. The highest BCUT2D eigenvalue weighted by Crippen LogP contribution is 2.60. The van der Waals surface area contributed by atoms with E-state index >= 15 is 0 Å². The van der Waals surface area contributed by atoms with Crippen molar-refractivity contribution in [2.24, 2.45) is 11.1 Å². The van der Waals surface area contributed by atoms with E-state index in [1.165, 1.54) is 0 Å². The van der Waals surface area contributed by atoms with Crippen LogP contribution < -0.4 is 15.2 Å². The second-order valence-electron chi connectivity index (χ2n) is 5.39. The second kappa shape index (κ2) is 2.92. The lowest BCUT2D eigenvalue weighted by Gasteiger charge is -2.21. The largest absolute Gasteiger partial charge is 0.486 e. The molecule has 2 N–H and O–H groups in total. The summed E-state index contributed by atoms with van der Waals surface area (Å²) in [7, 11) is 0. The van der Waals surface area contributed by atoms with Crippen molar-refractivity contribution in [3.05, 3.63) is 23.8 Å². The molecule has 3 nitrogen and oxygen atoms in total. The molecule has 1 saturated carbocycles. The van der Waals surface area contributed by atoms with Gasteiger partial charge in [0.2, 0.25) is 0 Å². The Hall–Kier alpha value is -1.22. The highest BCUT2D eigenvalue weighted by atomic mass is 16.6. The van der Waals surface area contributed by atoms with E-state index in [9.17, 15) is 0 Å². The molecule has 0 spiro atoms. The standard InChI is InChI=1S/C13H17NO2/c1-12(2)8-13(12,14)9-3-4-10-11(7-9)16-6-5-15-10/h3-4,7H,5-6,8,14H2,1-2H3. The molecule has 0 amide bonds. The summed E-state index contributed by atoms with van der Waals surface area (Å²) in [6, 6.07) is 6.05. The average molecular weight is 219 g/mol. The normalized spacial score (nSPS) is 29.9. The van der Waals surface area contributed by atoms with Gasteiger partial charge in [-0.1, -0.05) is 19.9 Å². The summed E-state index contributed by atoms with van der Waals surface area (Å²) in [6.07, 6.45) is 1.03. The molecule has 3 rings (SSSR count). The summed E-state index contributed by atoms with van der Waals surface area (Å²) in [6.45, 7) is 5.65. The number of ether oxygens (including phenoxy) is 2. The molecule has 1 aliphatic carbocycles. The van der Waals surface area contributed by atoms with E-state index in [4.69, 9.17) is 15.2 Å². The van der Waals surface area contributed by atoms with Crippen molar-refractivity contribution in [3.8, 4) is 11.5 Å². The first-order valence-electron chi connectivity index (χ1n) is 5.72. The monoisotopic (exact) mass is 219 g/mol. The van der Waals surface area contributed by atoms with Gasteiger partial charge in [0.25, 0.3) is 0 Å². The van der Waals surface area contributed by atoms with Gasteiger partial charge >= 0.3 is 0 Å². The minimum Gasteiger partial charge on any atom is -0.486 e. The maximum atomic E-state index is 6.38. The van der Waals surface area contributed by atoms with Gasteiger partial charge in [-0.3, -0.25) is 0 Å². The quantitative estimate of drug-likeness (QED) is 0.786. The van der Waals surface area contributed by atoms with Crippen molar-refractivity contribution in [2.75, 3.05) is 13.2 Å². The topological polar surface area (TPSA) is 44.5 Å². The van der Waals surface area contributed by atoms with Gasteiger partial charge in [-0.25, -0.2) is 0 Å². The SMILES string of the molecule is CC1(C)CC1(N)c1ccc2c(c1)OCCO2. The van der Waals surface area contributed by atoms with Gasteiger partial charge in [0, 0.05) is 5.54 Å². The fourth-order valence-corrected chi connectivity index (χ4v) is 2.47. The first-order chi connectivity index (χ1) is 7.53. The van der Waals surface area contributed by atoms with Gasteiger partial charge in [0.05, 0.1) is 0 Å². The van der Waals surface area contributed by atoms with Crippen LogP contribution in [0.3, 0.4) is 0 Å². The van der Waals surface area contributed by atoms with Gasteiger partial charge in [0.15, 0.2) is 11.5 Å². The van der Waals surface area contributed by atoms with E-state index in [0.29, 0.717) is 13.2 Å². The Morgan fingerprint density at radius 1 is 1.12 bits per heavy atom. The van der Waals surface area contributed by atoms with Crippen molar-refractivity contribution < 1.29 is 9.47 Å². The second-order valence-corrected chi connectivity index (χ2v) is 5.39. The average Bonchev–Trinajstić information content (AvgIpc) is 2.79. The molecular formula is C13H17NO2. The van der Waals surface area contributed by atoms with Crippen molar-refractivity contribution in [3.63, 3.8) is 0 Å². The molecule has 86 valence electrons. The van der Waals surface area contributed by atoms with Gasteiger partial charge in [0.1, 0.15) is 13.2 Å². The fourth-order valence-electron chi connectivity index (χ4n) is 2.47. The van der Waals surface area contributed by atoms with Crippen molar-refractivity contribution >= 4 is 0 Å². The first kappa shape index (κ1) is 9.97. The van der Waals surface area contributed by atoms with Gasteiger partial charge in [-0.15, -0.1) is 0 Å². The van der Waals surface area contributed by atoms with Crippen LogP contribution >= 0.6 is 0 Å². The summed E-state index contributed by atoms with van der Waals surface area (Å²) in [4.78, 5) is 0. The van der Waals surface area contributed by atoms with Crippen LogP contribution in [0.25, 0.3) is 0 Å². The number of hydrogen-bond acceptors (Lipinski definition) is 3. The van der Waals surface area contributed by atoms with Crippen LogP contribution in [0.1, 0.15) is 25.8 Å². The highest BCUT2D eigenvalue weighted by molar-refractivity contribution is 5.48. The third-order valence-corrected chi connectivity index (χ3v) is 3.86. The van der Waals surface area contributed by atoms with Crippen LogP contribution in [0.15, 0.2) is 18.2 Å². The minimum atomic E-state index is -0.192.